The van der Waals surface area contributed by atoms with E-state index in [1.807, 2.05) is 18.2 Å². The van der Waals surface area contributed by atoms with E-state index in [1.54, 1.807) is 0 Å². The van der Waals surface area contributed by atoms with Crippen molar-refractivity contribution in [2.24, 2.45) is 0 Å². The van der Waals surface area contributed by atoms with Crippen LogP contribution in [0.2, 0.25) is 0 Å². The fourth-order valence-electron chi connectivity index (χ4n) is 2.37. The highest BCUT2D eigenvalue weighted by atomic mass is 15.2. The molecule has 0 atom stereocenters. The molecule has 1 fully saturated rings. The van der Waals surface area contributed by atoms with E-state index in [4.69, 9.17) is 9.97 Å². The van der Waals surface area contributed by atoms with Crippen LogP contribution in [-0.4, -0.2) is 29.6 Å². The number of unbranched alkanes of at least 4 members (excludes halogenated alkanes) is 1. The first-order chi connectivity index (χ1) is 10.8. The number of hydrogen-bond acceptors (Lipinski definition) is 4. The summed E-state index contributed by atoms with van der Waals surface area (Å²) in [6.45, 7) is 3.23. The lowest BCUT2D eigenvalue weighted by atomic mass is 10.1. The first kappa shape index (κ1) is 14.8. The first-order valence-electron chi connectivity index (χ1n) is 8.18. The third-order valence-electron chi connectivity index (χ3n) is 3.93. The Kier molecular flexibility index (Phi) is 4.56. The lowest BCUT2D eigenvalue weighted by Crippen LogP contribution is -2.20. The topological polar surface area (TPSA) is 41.1 Å². The summed E-state index contributed by atoms with van der Waals surface area (Å²) in [7, 11) is 2.10. The van der Waals surface area contributed by atoms with Crippen molar-refractivity contribution in [3.63, 3.8) is 0 Å². The maximum atomic E-state index is 4.70. The number of aromatic nitrogens is 2. The summed E-state index contributed by atoms with van der Waals surface area (Å²) in [5, 5.41) is 3.43. The molecule has 1 aliphatic rings. The molecule has 0 bridgehead atoms. The van der Waals surface area contributed by atoms with Crippen molar-refractivity contribution in [1.29, 1.82) is 0 Å². The van der Waals surface area contributed by atoms with Crippen LogP contribution >= 0.6 is 0 Å². The van der Waals surface area contributed by atoms with Crippen molar-refractivity contribution < 1.29 is 0 Å². The molecule has 1 N–H and O–H groups in total. The molecule has 1 aromatic carbocycles. The molecule has 22 heavy (non-hydrogen) atoms. The summed E-state index contributed by atoms with van der Waals surface area (Å²) < 4.78 is 0. The Morgan fingerprint density at radius 3 is 2.64 bits per heavy atom. The van der Waals surface area contributed by atoms with Gasteiger partial charge in [0.05, 0.1) is 5.69 Å². The smallest absolute Gasteiger partial charge is 0.225 e. The second-order valence-electron chi connectivity index (χ2n) is 5.99. The average molecular weight is 296 g/mol. The molecule has 0 aliphatic heterocycles. The van der Waals surface area contributed by atoms with Crippen LogP contribution in [0.3, 0.4) is 0 Å². The summed E-state index contributed by atoms with van der Waals surface area (Å²) in [4.78, 5) is 11.6. The summed E-state index contributed by atoms with van der Waals surface area (Å²) >= 11 is 0. The van der Waals surface area contributed by atoms with Crippen LogP contribution in [0, 0.1) is 0 Å². The molecule has 1 aromatic heterocycles. The Morgan fingerprint density at radius 1 is 1.18 bits per heavy atom. The summed E-state index contributed by atoms with van der Waals surface area (Å²) in [5.41, 5.74) is 2.12. The Morgan fingerprint density at radius 2 is 1.95 bits per heavy atom. The van der Waals surface area contributed by atoms with Crippen LogP contribution in [0.15, 0.2) is 36.4 Å². The SMILES string of the molecule is CCCCN(C)c1cc(-c2ccccc2)nc(NC2CC2)n1. The van der Waals surface area contributed by atoms with Gasteiger partial charge in [-0.25, -0.2) is 4.98 Å². The fraction of sp³-hybridized carbons (Fsp3) is 0.444. The van der Waals surface area contributed by atoms with Crippen LogP contribution in [0.5, 0.6) is 0 Å². The minimum absolute atomic E-state index is 0.555. The number of rotatable bonds is 7. The zero-order valence-corrected chi connectivity index (χ0v) is 13.4. The van der Waals surface area contributed by atoms with Gasteiger partial charge in [0, 0.05) is 31.3 Å². The molecule has 3 rings (SSSR count). The van der Waals surface area contributed by atoms with Gasteiger partial charge in [-0.3, -0.25) is 0 Å². The predicted molar refractivity (Wildman–Crippen MR) is 92.3 cm³/mol. The summed E-state index contributed by atoms with van der Waals surface area (Å²) in [6.07, 6.45) is 4.81. The Hall–Kier alpha value is -2.10. The van der Waals surface area contributed by atoms with E-state index in [9.17, 15) is 0 Å². The number of nitrogens with zero attached hydrogens (tertiary/aromatic N) is 3. The van der Waals surface area contributed by atoms with Gasteiger partial charge in [0.1, 0.15) is 5.82 Å². The van der Waals surface area contributed by atoms with Crippen molar-refractivity contribution >= 4 is 11.8 Å². The van der Waals surface area contributed by atoms with E-state index in [-0.39, 0.29) is 0 Å². The summed E-state index contributed by atoms with van der Waals surface area (Å²) in [6, 6.07) is 13.0. The molecular formula is C18H24N4. The van der Waals surface area contributed by atoms with Gasteiger partial charge in [-0.1, -0.05) is 43.7 Å². The molecule has 1 heterocycles. The fourth-order valence-corrected chi connectivity index (χ4v) is 2.37. The molecule has 1 saturated carbocycles. The highest BCUT2D eigenvalue weighted by Gasteiger charge is 2.22. The zero-order chi connectivity index (χ0) is 15.4. The van der Waals surface area contributed by atoms with E-state index in [1.165, 1.54) is 25.7 Å². The van der Waals surface area contributed by atoms with Gasteiger partial charge in [0.25, 0.3) is 0 Å². The molecule has 4 nitrogen and oxygen atoms in total. The van der Waals surface area contributed by atoms with Crippen molar-refractivity contribution in [3.05, 3.63) is 36.4 Å². The van der Waals surface area contributed by atoms with Crippen LogP contribution in [-0.2, 0) is 0 Å². The number of nitrogens with one attached hydrogen (secondary N) is 1. The van der Waals surface area contributed by atoms with E-state index in [0.29, 0.717) is 6.04 Å². The lowest BCUT2D eigenvalue weighted by Gasteiger charge is -2.19. The Balaban J connectivity index is 1.90. The van der Waals surface area contributed by atoms with Crippen LogP contribution < -0.4 is 10.2 Å². The minimum atomic E-state index is 0.555. The lowest BCUT2D eigenvalue weighted by molar-refractivity contribution is 0.758. The maximum absolute atomic E-state index is 4.70. The van der Waals surface area contributed by atoms with Crippen molar-refractivity contribution in [2.45, 2.75) is 38.6 Å². The molecule has 116 valence electrons. The van der Waals surface area contributed by atoms with E-state index in [2.05, 4.69) is 42.4 Å². The second kappa shape index (κ2) is 6.77. The zero-order valence-electron chi connectivity index (χ0n) is 13.4. The molecular weight excluding hydrogens is 272 g/mol. The number of hydrogen-bond donors (Lipinski definition) is 1. The average Bonchev–Trinajstić information content (AvgIpc) is 3.37. The van der Waals surface area contributed by atoms with E-state index in [0.717, 1.165) is 29.6 Å². The van der Waals surface area contributed by atoms with Crippen LogP contribution in [0.4, 0.5) is 11.8 Å². The molecule has 0 saturated heterocycles. The van der Waals surface area contributed by atoms with Gasteiger partial charge in [0.2, 0.25) is 5.95 Å². The second-order valence-corrected chi connectivity index (χ2v) is 5.99. The summed E-state index contributed by atoms with van der Waals surface area (Å²) in [5.74, 6) is 1.74. The molecule has 0 radical (unpaired) electrons. The van der Waals surface area contributed by atoms with Gasteiger partial charge in [-0.2, -0.15) is 4.98 Å². The molecule has 0 unspecified atom stereocenters. The van der Waals surface area contributed by atoms with Crippen molar-refractivity contribution in [1.82, 2.24) is 9.97 Å². The van der Waals surface area contributed by atoms with Crippen molar-refractivity contribution in [3.8, 4) is 11.3 Å². The van der Waals surface area contributed by atoms with E-state index < -0.39 is 0 Å². The predicted octanol–water partition coefficient (Wildman–Crippen LogP) is 3.95. The third kappa shape index (κ3) is 3.75. The Labute approximate surface area is 132 Å². The monoisotopic (exact) mass is 296 g/mol. The van der Waals surface area contributed by atoms with Crippen molar-refractivity contribution in [2.75, 3.05) is 23.8 Å². The maximum Gasteiger partial charge on any atom is 0.225 e. The normalized spacial score (nSPS) is 13.9. The molecule has 0 spiro atoms. The number of anilines is 2. The van der Waals surface area contributed by atoms with Gasteiger partial charge < -0.3 is 10.2 Å². The van der Waals surface area contributed by atoms with Gasteiger partial charge in [-0.15, -0.1) is 0 Å². The first-order valence-corrected chi connectivity index (χ1v) is 8.18. The quantitative estimate of drug-likeness (QED) is 0.840. The highest BCUT2D eigenvalue weighted by molar-refractivity contribution is 5.64. The van der Waals surface area contributed by atoms with Gasteiger partial charge >= 0.3 is 0 Å². The standard InChI is InChI=1S/C18H24N4/c1-3-4-12-22(2)17-13-16(14-8-6-5-7-9-14)20-18(21-17)19-15-10-11-15/h5-9,13,15H,3-4,10-12H2,1-2H3,(H,19,20,21). The third-order valence-corrected chi connectivity index (χ3v) is 3.93. The van der Waals surface area contributed by atoms with E-state index >= 15 is 0 Å². The Bertz CT molecular complexity index is 608. The largest absolute Gasteiger partial charge is 0.359 e. The van der Waals surface area contributed by atoms with Crippen LogP contribution in [0.25, 0.3) is 11.3 Å². The van der Waals surface area contributed by atoms with Gasteiger partial charge in [0.15, 0.2) is 0 Å². The van der Waals surface area contributed by atoms with Crippen LogP contribution in [0.1, 0.15) is 32.6 Å². The molecule has 1 aliphatic carbocycles. The van der Waals surface area contributed by atoms with Gasteiger partial charge in [-0.05, 0) is 19.3 Å². The minimum Gasteiger partial charge on any atom is -0.359 e. The molecule has 2 aromatic rings. The molecule has 4 heteroatoms. The molecule has 0 amide bonds. The number of benzene rings is 1. The highest BCUT2D eigenvalue weighted by Crippen LogP contribution is 2.27.